The fraction of sp³-hybridized carbons (Fsp3) is 0.105. The molecule has 0 aliphatic heterocycles. The Morgan fingerprint density at radius 3 is 2.29 bits per heavy atom. The van der Waals surface area contributed by atoms with Crippen LogP contribution in [0.5, 0.6) is 0 Å². The highest BCUT2D eigenvalue weighted by Gasteiger charge is 1.99. The first-order chi connectivity index (χ1) is 10.3. The number of aryl methyl sites for hydroxylation is 1. The molecule has 1 aromatic heterocycles. The van der Waals surface area contributed by atoms with Gasteiger partial charge in [0.05, 0.1) is 5.69 Å². The van der Waals surface area contributed by atoms with Crippen molar-refractivity contribution in [3.05, 3.63) is 84.1 Å². The van der Waals surface area contributed by atoms with Gasteiger partial charge in [-0.2, -0.15) is 0 Å². The first-order valence-electron chi connectivity index (χ1n) is 7.12. The van der Waals surface area contributed by atoms with Gasteiger partial charge in [-0.1, -0.05) is 48.0 Å². The van der Waals surface area contributed by atoms with Crippen LogP contribution >= 0.6 is 0 Å². The van der Waals surface area contributed by atoms with Crippen molar-refractivity contribution in [2.75, 3.05) is 5.32 Å². The molecule has 0 amide bonds. The lowest BCUT2D eigenvalue weighted by atomic mass is 10.1. The molecule has 3 rings (SSSR count). The minimum absolute atomic E-state index is 0.825. The van der Waals surface area contributed by atoms with Gasteiger partial charge in [-0.25, -0.2) is 0 Å². The number of pyridine rings is 1. The van der Waals surface area contributed by atoms with Crippen molar-refractivity contribution >= 4 is 5.69 Å². The van der Waals surface area contributed by atoms with E-state index in [-0.39, 0.29) is 0 Å². The minimum atomic E-state index is 0.825. The maximum atomic E-state index is 4.36. The number of aromatic nitrogens is 1. The van der Waals surface area contributed by atoms with Crippen LogP contribution in [0.15, 0.2) is 72.9 Å². The normalized spacial score (nSPS) is 10.3. The van der Waals surface area contributed by atoms with E-state index < -0.39 is 0 Å². The number of benzene rings is 2. The SMILES string of the molecule is Cc1ccc(NCc2ccc(-c3ccccn3)cc2)cc1. The van der Waals surface area contributed by atoms with Gasteiger partial charge >= 0.3 is 0 Å². The molecule has 0 saturated carbocycles. The predicted molar refractivity (Wildman–Crippen MR) is 88.2 cm³/mol. The van der Waals surface area contributed by atoms with Gasteiger partial charge in [0.1, 0.15) is 0 Å². The molecule has 2 nitrogen and oxygen atoms in total. The third-order valence-electron chi connectivity index (χ3n) is 3.46. The molecule has 21 heavy (non-hydrogen) atoms. The highest BCUT2D eigenvalue weighted by molar-refractivity contribution is 5.59. The van der Waals surface area contributed by atoms with Gasteiger partial charge in [0.2, 0.25) is 0 Å². The van der Waals surface area contributed by atoms with E-state index in [9.17, 15) is 0 Å². The quantitative estimate of drug-likeness (QED) is 0.748. The van der Waals surface area contributed by atoms with E-state index in [1.54, 1.807) is 0 Å². The van der Waals surface area contributed by atoms with Crippen LogP contribution in [0.4, 0.5) is 5.69 Å². The summed E-state index contributed by atoms with van der Waals surface area (Å²) in [7, 11) is 0. The van der Waals surface area contributed by atoms with E-state index in [0.29, 0.717) is 0 Å². The summed E-state index contributed by atoms with van der Waals surface area (Å²) in [6.07, 6.45) is 1.82. The van der Waals surface area contributed by atoms with Gasteiger partial charge < -0.3 is 5.32 Å². The summed E-state index contributed by atoms with van der Waals surface area (Å²) in [6.45, 7) is 2.92. The highest BCUT2D eigenvalue weighted by atomic mass is 14.9. The largest absolute Gasteiger partial charge is 0.381 e. The molecule has 0 radical (unpaired) electrons. The van der Waals surface area contributed by atoms with E-state index in [4.69, 9.17) is 0 Å². The zero-order valence-electron chi connectivity index (χ0n) is 12.1. The number of hydrogen-bond acceptors (Lipinski definition) is 2. The van der Waals surface area contributed by atoms with Gasteiger partial charge in [-0.3, -0.25) is 4.98 Å². The van der Waals surface area contributed by atoms with Gasteiger partial charge in [0, 0.05) is 24.0 Å². The van der Waals surface area contributed by atoms with Gasteiger partial charge in [0.15, 0.2) is 0 Å². The van der Waals surface area contributed by atoms with Gasteiger partial charge in [-0.05, 0) is 36.8 Å². The van der Waals surface area contributed by atoms with Crippen LogP contribution < -0.4 is 5.32 Å². The summed E-state index contributed by atoms with van der Waals surface area (Å²) >= 11 is 0. The Bertz CT molecular complexity index is 686. The number of nitrogens with zero attached hydrogens (tertiary/aromatic N) is 1. The van der Waals surface area contributed by atoms with Gasteiger partial charge in [0.25, 0.3) is 0 Å². The van der Waals surface area contributed by atoms with Crippen molar-refractivity contribution < 1.29 is 0 Å². The second-order valence-electron chi connectivity index (χ2n) is 5.13. The number of anilines is 1. The fourth-order valence-electron chi connectivity index (χ4n) is 2.20. The third-order valence-corrected chi connectivity index (χ3v) is 3.46. The summed E-state index contributed by atoms with van der Waals surface area (Å²) < 4.78 is 0. The van der Waals surface area contributed by atoms with Crippen molar-refractivity contribution in [1.29, 1.82) is 0 Å². The van der Waals surface area contributed by atoms with Crippen LogP contribution in [-0.2, 0) is 6.54 Å². The fourth-order valence-corrected chi connectivity index (χ4v) is 2.20. The molecule has 2 aromatic carbocycles. The Balaban J connectivity index is 1.66. The zero-order valence-corrected chi connectivity index (χ0v) is 12.1. The molecule has 1 heterocycles. The Kier molecular flexibility index (Phi) is 3.97. The monoisotopic (exact) mass is 274 g/mol. The van der Waals surface area contributed by atoms with E-state index in [1.807, 2.05) is 24.4 Å². The summed E-state index contributed by atoms with van der Waals surface area (Å²) in [6, 6.07) is 23.0. The smallest absolute Gasteiger partial charge is 0.0701 e. The Hall–Kier alpha value is -2.61. The second kappa shape index (κ2) is 6.23. The zero-order chi connectivity index (χ0) is 14.5. The van der Waals surface area contributed by atoms with Crippen LogP contribution in [0, 0.1) is 6.92 Å². The van der Waals surface area contributed by atoms with Crippen LogP contribution in [0.1, 0.15) is 11.1 Å². The van der Waals surface area contributed by atoms with Crippen LogP contribution in [0.2, 0.25) is 0 Å². The number of hydrogen-bond donors (Lipinski definition) is 1. The molecule has 0 unspecified atom stereocenters. The van der Waals surface area contributed by atoms with Crippen molar-refractivity contribution in [2.24, 2.45) is 0 Å². The van der Waals surface area contributed by atoms with Crippen LogP contribution in [-0.4, -0.2) is 4.98 Å². The summed E-state index contributed by atoms with van der Waals surface area (Å²) in [5, 5.41) is 3.43. The summed E-state index contributed by atoms with van der Waals surface area (Å²) in [5.74, 6) is 0. The molecular formula is C19H18N2. The van der Waals surface area contributed by atoms with E-state index in [2.05, 4.69) is 65.8 Å². The molecule has 3 aromatic rings. The molecule has 0 aliphatic rings. The maximum absolute atomic E-state index is 4.36. The highest BCUT2D eigenvalue weighted by Crippen LogP contribution is 2.17. The molecule has 0 aliphatic carbocycles. The molecule has 0 spiro atoms. The van der Waals surface area contributed by atoms with Crippen molar-refractivity contribution in [3.8, 4) is 11.3 Å². The average molecular weight is 274 g/mol. The third kappa shape index (κ3) is 3.48. The summed E-state index contributed by atoms with van der Waals surface area (Å²) in [5.41, 5.74) is 5.84. The lowest BCUT2D eigenvalue weighted by Crippen LogP contribution is -1.99. The van der Waals surface area contributed by atoms with Crippen LogP contribution in [0.25, 0.3) is 11.3 Å². The minimum Gasteiger partial charge on any atom is -0.381 e. The molecule has 0 atom stereocenters. The summed E-state index contributed by atoms with van der Waals surface area (Å²) in [4.78, 5) is 4.36. The molecular weight excluding hydrogens is 256 g/mol. The van der Waals surface area contributed by atoms with Crippen molar-refractivity contribution in [3.63, 3.8) is 0 Å². The maximum Gasteiger partial charge on any atom is 0.0701 e. The van der Waals surface area contributed by atoms with Crippen molar-refractivity contribution in [2.45, 2.75) is 13.5 Å². The predicted octanol–water partition coefficient (Wildman–Crippen LogP) is 4.67. The number of nitrogens with one attached hydrogen (secondary N) is 1. The lowest BCUT2D eigenvalue weighted by molar-refractivity contribution is 1.15. The molecule has 2 heteroatoms. The molecule has 0 saturated heterocycles. The first kappa shape index (κ1) is 13.4. The Labute approximate surface area is 125 Å². The first-order valence-corrected chi connectivity index (χ1v) is 7.12. The molecule has 1 N–H and O–H groups in total. The van der Waals surface area contributed by atoms with E-state index >= 15 is 0 Å². The Morgan fingerprint density at radius 2 is 1.62 bits per heavy atom. The molecule has 104 valence electrons. The van der Waals surface area contributed by atoms with Crippen LogP contribution in [0.3, 0.4) is 0 Å². The number of rotatable bonds is 4. The van der Waals surface area contributed by atoms with Crippen molar-refractivity contribution in [1.82, 2.24) is 4.98 Å². The lowest BCUT2D eigenvalue weighted by Gasteiger charge is -2.08. The second-order valence-corrected chi connectivity index (χ2v) is 5.13. The van der Waals surface area contributed by atoms with E-state index in [0.717, 1.165) is 23.5 Å². The molecule has 0 bridgehead atoms. The topological polar surface area (TPSA) is 24.9 Å². The van der Waals surface area contributed by atoms with E-state index in [1.165, 1.54) is 11.1 Å². The molecule has 0 fully saturated rings. The Morgan fingerprint density at radius 1 is 0.857 bits per heavy atom. The van der Waals surface area contributed by atoms with Gasteiger partial charge in [-0.15, -0.1) is 0 Å². The standard InChI is InChI=1S/C19H18N2/c1-15-5-11-18(12-6-15)21-14-16-7-9-17(10-8-16)19-4-2-3-13-20-19/h2-13,21H,14H2,1H3. The average Bonchev–Trinajstić information content (AvgIpc) is 2.56.